The van der Waals surface area contributed by atoms with Crippen molar-refractivity contribution >= 4 is 13.6 Å². The van der Waals surface area contributed by atoms with Crippen LogP contribution in [-0.2, 0) is 13.9 Å². The molecule has 0 saturated heterocycles. The molecule has 0 aliphatic carbocycles. The predicted molar refractivity (Wildman–Crippen MR) is 38.6 cm³/mol. The van der Waals surface area contributed by atoms with Gasteiger partial charge in [-0.3, -0.25) is 9.36 Å². The summed E-state index contributed by atoms with van der Waals surface area (Å²) in [6.45, 7) is 1.07. The Morgan fingerprint density at radius 3 is 2.55 bits per heavy atom. The van der Waals surface area contributed by atoms with E-state index in [1.54, 1.807) is 0 Å². The van der Waals surface area contributed by atoms with Gasteiger partial charge in [0.05, 0.1) is 6.61 Å². The van der Waals surface area contributed by atoms with Crippen molar-refractivity contribution in [3.8, 4) is 0 Å². The first kappa shape index (κ1) is 10.6. The lowest BCUT2D eigenvalue weighted by atomic mass is 10.3. The largest absolute Gasteiger partial charge is 0.481 e. The molecule has 1 atom stereocenters. The van der Waals surface area contributed by atoms with E-state index >= 15 is 0 Å². The molecule has 0 aromatic heterocycles. The van der Waals surface area contributed by atoms with Crippen molar-refractivity contribution in [1.82, 2.24) is 0 Å². The van der Waals surface area contributed by atoms with Crippen LogP contribution < -0.4 is 0 Å². The lowest BCUT2D eigenvalue weighted by Crippen LogP contribution is -1.98. The molecule has 0 bridgehead atoms. The van der Waals surface area contributed by atoms with Crippen LogP contribution in [0.5, 0.6) is 0 Å². The average molecular weight is 182 g/mol. The Labute approximate surface area is 64.5 Å². The van der Waals surface area contributed by atoms with Crippen LogP contribution in [-0.4, -0.2) is 29.2 Å². The molecule has 0 aromatic carbocycles. The minimum atomic E-state index is -3.42. The van der Waals surface area contributed by atoms with Gasteiger partial charge in [-0.1, -0.05) is 0 Å². The van der Waals surface area contributed by atoms with E-state index in [0.29, 0.717) is 0 Å². The molecule has 0 heterocycles. The van der Waals surface area contributed by atoms with Crippen LogP contribution in [0.3, 0.4) is 0 Å². The molecule has 0 saturated carbocycles. The summed E-state index contributed by atoms with van der Waals surface area (Å²) >= 11 is 0. The molecule has 0 aromatic rings. The maximum Gasteiger partial charge on any atom is 0.325 e. The molecule has 0 amide bonds. The van der Waals surface area contributed by atoms with Crippen molar-refractivity contribution in [2.75, 3.05) is 13.3 Å². The molecule has 6 heteroatoms. The van der Waals surface area contributed by atoms with Gasteiger partial charge in [-0.05, 0) is 6.42 Å². The van der Waals surface area contributed by atoms with E-state index < -0.39 is 13.6 Å². The standard InChI is InChI=1S/C5H11O5P/c1-11(8,9)10-4-2-3-5(6)7/h2-4H2,1H3,(H,6,7)(H,8,9). The van der Waals surface area contributed by atoms with Crippen LogP contribution in [0.15, 0.2) is 0 Å². The Balaban J connectivity index is 3.29. The van der Waals surface area contributed by atoms with Crippen LogP contribution in [0.1, 0.15) is 12.8 Å². The summed E-state index contributed by atoms with van der Waals surface area (Å²) in [5.74, 6) is -0.933. The zero-order valence-electron chi connectivity index (χ0n) is 6.19. The molecule has 0 radical (unpaired) electrons. The molecule has 0 spiro atoms. The topological polar surface area (TPSA) is 83.8 Å². The Hall–Kier alpha value is -0.380. The van der Waals surface area contributed by atoms with Crippen molar-refractivity contribution < 1.29 is 23.9 Å². The maximum absolute atomic E-state index is 10.4. The van der Waals surface area contributed by atoms with Gasteiger partial charge >= 0.3 is 13.6 Å². The molecule has 66 valence electrons. The Morgan fingerprint density at radius 1 is 1.64 bits per heavy atom. The molecule has 0 aliphatic rings. The second-order valence-corrected chi connectivity index (χ2v) is 4.00. The summed E-state index contributed by atoms with van der Waals surface area (Å²) in [5.41, 5.74) is 0. The number of rotatable bonds is 5. The summed E-state index contributed by atoms with van der Waals surface area (Å²) in [6, 6.07) is 0. The maximum atomic E-state index is 10.4. The number of carboxylic acids is 1. The van der Waals surface area contributed by atoms with Gasteiger partial charge < -0.3 is 14.5 Å². The number of carboxylic acid groups (broad SMARTS) is 1. The van der Waals surface area contributed by atoms with Crippen LogP contribution in [0.2, 0.25) is 0 Å². The predicted octanol–water partition coefficient (Wildman–Crippen LogP) is 0.683. The number of carbonyl (C=O) groups is 1. The van der Waals surface area contributed by atoms with Gasteiger partial charge in [0.2, 0.25) is 0 Å². The van der Waals surface area contributed by atoms with Crippen LogP contribution in [0.25, 0.3) is 0 Å². The highest BCUT2D eigenvalue weighted by molar-refractivity contribution is 7.51. The second kappa shape index (κ2) is 4.49. The highest BCUT2D eigenvalue weighted by atomic mass is 31.2. The van der Waals surface area contributed by atoms with E-state index in [1.165, 1.54) is 0 Å². The molecular formula is C5H11O5P. The molecule has 2 N–H and O–H groups in total. The van der Waals surface area contributed by atoms with E-state index in [4.69, 9.17) is 10.00 Å². The van der Waals surface area contributed by atoms with Gasteiger partial charge in [0, 0.05) is 13.1 Å². The first-order valence-corrected chi connectivity index (χ1v) is 5.11. The Morgan fingerprint density at radius 2 is 2.18 bits per heavy atom. The molecule has 0 fully saturated rings. The molecule has 11 heavy (non-hydrogen) atoms. The van der Waals surface area contributed by atoms with Crippen molar-refractivity contribution in [2.24, 2.45) is 0 Å². The van der Waals surface area contributed by atoms with Crippen molar-refractivity contribution in [3.05, 3.63) is 0 Å². The van der Waals surface area contributed by atoms with Gasteiger partial charge in [0.1, 0.15) is 0 Å². The lowest BCUT2D eigenvalue weighted by molar-refractivity contribution is -0.137. The summed E-state index contributed by atoms with van der Waals surface area (Å²) in [6.07, 6.45) is 0.216. The first-order chi connectivity index (χ1) is 4.92. The third-order valence-electron chi connectivity index (χ3n) is 0.866. The summed E-state index contributed by atoms with van der Waals surface area (Å²) in [5, 5.41) is 8.16. The summed E-state index contributed by atoms with van der Waals surface area (Å²) in [7, 11) is -3.42. The van der Waals surface area contributed by atoms with Crippen LogP contribution >= 0.6 is 7.60 Å². The van der Waals surface area contributed by atoms with Gasteiger partial charge in [-0.2, -0.15) is 0 Å². The molecule has 5 nitrogen and oxygen atoms in total. The van der Waals surface area contributed by atoms with E-state index in [2.05, 4.69) is 4.52 Å². The first-order valence-electron chi connectivity index (χ1n) is 3.08. The molecule has 0 aliphatic heterocycles. The van der Waals surface area contributed by atoms with E-state index in [0.717, 1.165) is 6.66 Å². The van der Waals surface area contributed by atoms with Crippen LogP contribution in [0.4, 0.5) is 0 Å². The van der Waals surface area contributed by atoms with E-state index in [9.17, 15) is 9.36 Å². The minimum Gasteiger partial charge on any atom is -0.481 e. The Bertz CT molecular complexity index is 172. The highest BCUT2D eigenvalue weighted by Gasteiger charge is 2.09. The van der Waals surface area contributed by atoms with Gasteiger partial charge in [-0.15, -0.1) is 0 Å². The fourth-order valence-corrected chi connectivity index (χ4v) is 0.925. The van der Waals surface area contributed by atoms with Crippen LogP contribution in [0, 0.1) is 0 Å². The zero-order valence-corrected chi connectivity index (χ0v) is 7.08. The van der Waals surface area contributed by atoms with Gasteiger partial charge in [-0.25, -0.2) is 0 Å². The number of hydrogen-bond donors (Lipinski definition) is 2. The third kappa shape index (κ3) is 9.62. The summed E-state index contributed by atoms with van der Waals surface area (Å²) in [4.78, 5) is 18.5. The monoisotopic (exact) mass is 182 g/mol. The van der Waals surface area contributed by atoms with E-state index in [-0.39, 0.29) is 19.4 Å². The van der Waals surface area contributed by atoms with Crippen molar-refractivity contribution in [1.29, 1.82) is 0 Å². The minimum absolute atomic E-state index is 0.0105. The fourth-order valence-electron chi connectivity index (χ4n) is 0.457. The quantitative estimate of drug-likeness (QED) is 0.482. The highest BCUT2D eigenvalue weighted by Crippen LogP contribution is 2.36. The van der Waals surface area contributed by atoms with Gasteiger partial charge in [0.25, 0.3) is 0 Å². The Kier molecular flexibility index (Phi) is 4.33. The molecule has 0 rings (SSSR count). The van der Waals surface area contributed by atoms with Crippen molar-refractivity contribution in [3.63, 3.8) is 0 Å². The van der Waals surface area contributed by atoms with E-state index in [1.807, 2.05) is 0 Å². The SMILES string of the molecule is CP(=O)(O)OCCCC(=O)O. The normalized spacial score (nSPS) is 15.8. The number of hydrogen-bond acceptors (Lipinski definition) is 3. The number of aliphatic carboxylic acids is 1. The molecular weight excluding hydrogens is 171 g/mol. The third-order valence-corrected chi connectivity index (χ3v) is 1.53. The summed E-state index contributed by atoms with van der Waals surface area (Å²) < 4.78 is 14.9. The van der Waals surface area contributed by atoms with Gasteiger partial charge in [0.15, 0.2) is 0 Å². The second-order valence-electron chi connectivity index (χ2n) is 2.13. The lowest BCUT2D eigenvalue weighted by Gasteiger charge is -2.04. The van der Waals surface area contributed by atoms with Crippen molar-refractivity contribution in [2.45, 2.75) is 12.8 Å². The fraction of sp³-hybridized carbons (Fsp3) is 0.800. The smallest absolute Gasteiger partial charge is 0.325 e. The zero-order chi connectivity index (χ0) is 8.91. The average Bonchev–Trinajstić information content (AvgIpc) is 1.78. The molecule has 1 unspecified atom stereocenters.